The van der Waals surface area contributed by atoms with Crippen LogP contribution in [0.4, 0.5) is 0 Å². The summed E-state index contributed by atoms with van der Waals surface area (Å²) in [6.07, 6.45) is 5.82. The van der Waals surface area contributed by atoms with Gasteiger partial charge >= 0.3 is 0 Å². The molecule has 17 heavy (non-hydrogen) atoms. The third kappa shape index (κ3) is 1.89. The zero-order valence-electron chi connectivity index (χ0n) is 9.77. The van der Waals surface area contributed by atoms with Crippen molar-refractivity contribution in [3.05, 3.63) is 23.2 Å². The molecule has 1 aliphatic rings. The minimum Gasteiger partial charge on any atom is -0.373 e. The molecule has 3 heterocycles. The van der Waals surface area contributed by atoms with Crippen molar-refractivity contribution in [2.75, 3.05) is 6.61 Å². The van der Waals surface area contributed by atoms with Gasteiger partial charge in [-0.1, -0.05) is 0 Å². The molecular weight excluding hydrogens is 234 g/mol. The number of imidazole rings is 1. The summed E-state index contributed by atoms with van der Waals surface area (Å²) in [5, 5.41) is 0. The number of aromatic amines is 1. The van der Waals surface area contributed by atoms with Crippen LogP contribution in [0, 0.1) is 4.77 Å². The van der Waals surface area contributed by atoms with Crippen molar-refractivity contribution in [2.24, 2.45) is 0 Å². The lowest BCUT2D eigenvalue weighted by molar-refractivity contribution is 0.00679. The van der Waals surface area contributed by atoms with E-state index in [-0.39, 0.29) is 5.60 Å². The highest BCUT2D eigenvalue weighted by Gasteiger charge is 2.30. The van der Waals surface area contributed by atoms with E-state index < -0.39 is 0 Å². The zero-order valence-corrected chi connectivity index (χ0v) is 10.6. The molecule has 90 valence electrons. The molecule has 5 heteroatoms. The van der Waals surface area contributed by atoms with E-state index in [0.717, 1.165) is 41.8 Å². The van der Waals surface area contributed by atoms with E-state index in [4.69, 9.17) is 17.0 Å². The van der Waals surface area contributed by atoms with Crippen molar-refractivity contribution in [1.29, 1.82) is 0 Å². The number of H-pyrrole nitrogens is 1. The second-order valence-corrected chi connectivity index (χ2v) is 5.20. The van der Waals surface area contributed by atoms with Gasteiger partial charge in [-0.3, -0.25) is 4.98 Å². The van der Waals surface area contributed by atoms with Crippen LogP contribution in [-0.4, -0.2) is 26.7 Å². The minimum absolute atomic E-state index is 0.0867. The highest BCUT2D eigenvalue weighted by atomic mass is 32.1. The topological polar surface area (TPSA) is 42.8 Å². The monoisotopic (exact) mass is 249 g/mol. The molecule has 0 spiro atoms. The number of nitrogens with one attached hydrogen (secondary N) is 1. The average Bonchev–Trinajstić information content (AvgIpc) is 2.86. The largest absolute Gasteiger partial charge is 0.373 e. The Morgan fingerprint density at radius 3 is 3.29 bits per heavy atom. The smallest absolute Gasteiger partial charge is 0.178 e. The summed E-state index contributed by atoms with van der Waals surface area (Å²) in [5.74, 6) is 0. The van der Waals surface area contributed by atoms with E-state index in [1.165, 1.54) is 0 Å². The first-order chi connectivity index (χ1) is 8.18. The molecule has 1 unspecified atom stereocenters. The zero-order chi connectivity index (χ0) is 11.9. The Labute approximate surface area is 105 Å². The maximum absolute atomic E-state index is 5.82. The number of pyridine rings is 1. The van der Waals surface area contributed by atoms with E-state index in [2.05, 4.69) is 21.5 Å². The normalized spacial score (nSPS) is 24.5. The van der Waals surface area contributed by atoms with Gasteiger partial charge < -0.3 is 14.3 Å². The number of hydrogen-bond acceptors (Lipinski definition) is 3. The Hall–Kier alpha value is -1.20. The quantitative estimate of drug-likeness (QED) is 0.832. The van der Waals surface area contributed by atoms with Crippen molar-refractivity contribution >= 4 is 23.3 Å². The molecule has 0 bridgehead atoms. The Kier molecular flexibility index (Phi) is 2.52. The number of nitrogens with zero attached hydrogens (tertiary/aromatic N) is 2. The van der Waals surface area contributed by atoms with Crippen LogP contribution in [0.1, 0.15) is 19.8 Å². The van der Waals surface area contributed by atoms with Crippen LogP contribution in [-0.2, 0) is 11.3 Å². The predicted molar refractivity (Wildman–Crippen MR) is 68.5 cm³/mol. The molecule has 2 aromatic heterocycles. The van der Waals surface area contributed by atoms with Gasteiger partial charge in [-0.25, -0.2) is 0 Å². The van der Waals surface area contributed by atoms with Crippen LogP contribution in [0.2, 0.25) is 0 Å². The molecule has 2 aromatic rings. The Bertz CT molecular complexity index is 595. The molecule has 1 N–H and O–H groups in total. The summed E-state index contributed by atoms with van der Waals surface area (Å²) in [7, 11) is 0. The standard InChI is InChI=1S/C12H15N3OS/c1-12(4-2-6-16-12)8-15-10-3-5-13-7-9(10)14-11(15)17/h3,5,7H,2,4,6,8H2,1H3,(H,14,17). The summed E-state index contributed by atoms with van der Waals surface area (Å²) < 4.78 is 8.67. The van der Waals surface area contributed by atoms with Gasteiger partial charge in [0.15, 0.2) is 4.77 Å². The first-order valence-corrected chi connectivity index (χ1v) is 6.25. The van der Waals surface area contributed by atoms with E-state index in [1.807, 2.05) is 6.07 Å². The lowest BCUT2D eigenvalue weighted by atomic mass is 10.0. The van der Waals surface area contributed by atoms with E-state index >= 15 is 0 Å². The van der Waals surface area contributed by atoms with Crippen LogP contribution in [0.15, 0.2) is 18.5 Å². The predicted octanol–water partition coefficient (Wildman–Crippen LogP) is 2.66. The third-order valence-electron chi connectivity index (χ3n) is 3.37. The van der Waals surface area contributed by atoms with Gasteiger partial charge in [0.05, 0.1) is 29.4 Å². The maximum Gasteiger partial charge on any atom is 0.178 e. The fraction of sp³-hybridized carbons (Fsp3) is 0.500. The van der Waals surface area contributed by atoms with Crippen molar-refractivity contribution in [2.45, 2.75) is 31.9 Å². The van der Waals surface area contributed by atoms with E-state index in [9.17, 15) is 0 Å². The first-order valence-electron chi connectivity index (χ1n) is 5.84. The van der Waals surface area contributed by atoms with Gasteiger partial charge in [0.1, 0.15) is 0 Å². The Morgan fingerprint density at radius 1 is 1.65 bits per heavy atom. The fourth-order valence-electron chi connectivity index (χ4n) is 2.46. The molecule has 1 saturated heterocycles. The second kappa shape index (κ2) is 3.92. The van der Waals surface area contributed by atoms with E-state index in [1.54, 1.807) is 12.4 Å². The highest BCUT2D eigenvalue weighted by molar-refractivity contribution is 7.71. The van der Waals surface area contributed by atoms with Gasteiger partial charge in [0.2, 0.25) is 0 Å². The molecule has 0 radical (unpaired) electrons. The third-order valence-corrected chi connectivity index (χ3v) is 3.69. The Balaban J connectivity index is 2.05. The van der Waals surface area contributed by atoms with Gasteiger partial charge in [-0.05, 0) is 38.0 Å². The number of hydrogen-bond donors (Lipinski definition) is 1. The summed E-state index contributed by atoms with van der Waals surface area (Å²) in [4.78, 5) is 7.27. The molecule has 0 aromatic carbocycles. The van der Waals surface area contributed by atoms with Crippen molar-refractivity contribution in [3.8, 4) is 0 Å². The van der Waals surface area contributed by atoms with Crippen molar-refractivity contribution < 1.29 is 4.74 Å². The molecule has 0 saturated carbocycles. The highest BCUT2D eigenvalue weighted by Crippen LogP contribution is 2.28. The number of ether oxygens (including phenoxy) is 1. The molecule has 1 fully saturated rings. The molecule has 3 rings (SSSR count). The van der Waals surface area contributed by atoms with Gasteiger partial charge in [0, 0.05) is 12.8 Å². The van der Waals surface area contributed by atoms with Crippen LogP contribution in [0.3, 0.4) is 0 Å². The maximum atomic E-state index is 5.82. The lowest BCUT2D eigenvalue weighted by Gasteiger charge is -2.23. The molecule has 0 aliphatic carbocycles. The molecule has 1 aliphatic heterocycles. The summed E-state index contributed by atoms with van der Waals surface area (Å²) in [5.41, 5.74) is 2.00. The number of rotatable bonds is 2. The van der Waals surface area contributed by atoms with Gasteiger partial charge in [-0.15, -0.1) is 0 Å². The SMILES string of the molecule is CC1(Cn2c(=S)[nH]c3cnccc32)CCCO1. The first kappa shape index (κ1) is 10.9. The summed E-state index contributed by atoms with van der Waals surface area (Å²) >= 11 is 5.36. The molecule has 0 amide bonds. The lowest BCUT2D eigenvalue weighted by Crippen LogP contribution is -2.29. The van der Waals surface area contributed by atoms with Gasteiger partial charge in [0.25, 0.3) is 0 Å². The van der Waals surface area contributed by atoms with Crippen LogP contribution >= 0.6 is 12.2 Å². The number of fused-ring (bicyclic) bond motifs is 1. The Morgan fingerprint density at radius 2 is 2.53 bits per heavy atom. The minimum atomic E-state index is -0.0867. The molecular formula is C12H15N3OS. The van der Waals surface area contributed by atoms with Crippen LogP contribution in [0.5, 0.6) is 0 Å². The molecule has 4 nitrogen and oxygen atoms in total. The van der Waals surface area contributed by atoms with Crippen molar-refractivity contribution in [1.82, 2.24) is 14.5 Å². The van der Waals surface area contributed by atoms with Gasteiger partial charge in [-0.2, -0.15) is 0 Å². The summed E-state index contributed by atoms with van der Waals surface area (Å²) in [6, 6.07) is 1.99. The fourth-order valence-corrected chi connectivity index (χ4v) is 2.74. The average molecular weight is 249 g/mol. The van der Waals surface area contributed by atoms with Crippen LogP contribution in [0.25, 0.3) is 11.0 Å². The van der Waals surface area contributed by atoms with Crippen molar-refractivity contribution in [3.63, 3.8) is 0 Å². The van der Waals surface area contributed by atoms with Crippen LogP contribution < -0.4 is 0 Å². The number of aromatic nitrogens is 3. The molecule has 1 atom stereocenters. The summed E-state index contributed by atoms with van der Waals surface area (Å²) in [6.45, 7) is 3.81. The second-order valence-electron chi connectivity index (χ2n) is 4.81. The van der Waals surface area contributed by atoms with E-state index in [0.29, 0.717) is 0 Å².